The van der Waals surface area contributed by atoms with Gasteiger partial charge in [-0.1, -0.05) is 40.2 Å². The van der Waals surface area contributed by atoms with E-state index in [0.717, 1.165) is 14.9 Å². The van der Waals surface area contributed by atoms with Gasteiger partial charge < -0.3 is 9.64 Å². The van der Waals surface area contributed by atoms with E-state index in [1.165, 1.54) is 0 Å². The number of nitrogens with zero attached hydrogens (tertiary/aromatic N) is 2. The number of carbonyl (C=O) groups is 3. The molecule has 2 aliphatic heterocycles. The summed E-state index contributed by atoms with van der Waals surface area (Å²) in [5.41, 5.74) is 2.12. The Kier molecular flexibility index (Phi) is 4.63. The highest BCUT2D eigenvalue weighted by Crippen LogP contribution is 2.44. The van der Waals surface area contributed by atoms with Gasteiger partial charge in [-0.15, -0.1) is 0 Å². The Labute approximate surface area is 187 Å². The molecule has 2 atom stereocenters. The number of ether oxygens (including phenoxy) is 1. The maximum atomic E-state index is 13.4. The lowest BCUT2D eigenvalue weighted by Gasteiger charge is -2.49. The van der Waals surface area contributed by atoms with Crippen LogP contribution in [-0.4, -0.2) is 35.8 Å². The van der Waals surface area contributed by atoms with Crippen LogP contribution in [0.5, 0.6) is 5.75 Å². The van der Waals surface area contributed by atoms with Gasteiger partial charge in [-0.3, -0.25) is 19.3 Å². The first-order valence-electron chi connectivity index (χ1n) is 9.71. The summed E-state index contributed by atoms with van der Waals surface area (Å²) < 4.78 is 6.24. The number of fused-ring (bicyclic) bond motifs is 1. The van der Waals surface area contributed by atoms with Crippen molar-refractivity contribution in [1.29, 1.82) is 0 Å². The molecule has 7 heteroatoms. The van der Waals surface area contributed by atoms with Gasteiger partial charge in [-0.2, -0.15) is 0 Å². The maximum Gasteiger partial charge on any atom is 0.262 e. The van der Waals surface area contributed by atoms with Gasteiger partial charge in [0.25, 0.3) is 17.7 Å². The molecule has 0 unspecified atom stereocenters. The van der Waals surface area contributed by atoms with Crippen molar-refractivity contribution in [3.63, 3.8) is 0 Å². The molecule has 3 amide bonds. The first kappa shape index (κ1) is 19.5. The number of amides is 3. The van der Waals surface area contributed by atoms with Crippen LogP contribution in [0, 0.1) is 0 Å². The van der Waals surface area contributed by atoms with Crippen LogP contribution < -0.4 is 9.64 Å². The van der Waals surface area contributed by atoms with Crippen LogP contribution in [0.2, 0.25) is 0 Å². The second-order valence-electron chi connectivity index (χ2n) is 7.38. The van der Waals surface area contributed by atoms with E-state index < -0.39 is 23.9 Å². The van der Waals surface area contributed by atoms with E-state index in [4.69, 9.17) is 4.74 Å². The van der Waals surface area contributed by atoms with E-state index in [-0.39, 0.29) is 5.91 Å². The van der Waals surface area contributed by atoms with Crippen LogP contribution in [-0.2, 0) is 4.79 Å². The fraction of sp³-hybridized carbons (Fsp3) is 0.125. The molecule has 1 fully saturated rings. The van der Waals surface area contributed by atoms with Crippen molar-refractivity contribution in [2.24, 2.45) is 0 Å². The third-order valence-corrected chi connectivity index (χ3v) is 6.24. The Morgan fingerprint density at radius 1 is 0.774 bits per heavy atom. The molecule has 0 aliphatic carbocycles. The zero-order chi connectivity index (χ0) is 21.7. The van der Waals surface area contributed by atoms with Gasteiger partial charge >= 0.3 is 0 Å². The predicted molar refractivity (Wildman–Crippen MR) is 118 cm³/mol. The minimum absolute atomic E-state index is 0.301. The lowest BCUT2D eigenvalue weighted by atomic mass is 9.86. The molecule has 31 heavy (non-hydrogen) atoms. The number of rotatable bonds is 4. The summed E-state index contributed by atoms with van der Waals surface area (Å²) in [4.78, 5) is 42.2. The molecule has 0 N–H and O–H groups in total. The van der Waals surface area contributed by atoms with Crippen molar-refractivity contribution >= 4 is 39.3 Å². The number of halogens is 1. The third kappa shape index (κ3) is 2.96. The first-order valence-corrected chi connectivity index (χ1v) is 10.5. The SMILES string of the molecule is COc1cccc([C@H]2[C@H](N3C(=O)c4ccccc4C3=O)C(=O)N2c2ccc(Br)cc2)c1. The summed E-state index contributed by atoms with van der Waals surface area (Å²) in [7, 11) is 1.57. The van der Waals surface area contributed by atoms with Crippen LogP contribution in [0.1, 0.15) is 32.3 Å². The van der Waals surface area contributed by atoms with Gasteiger partial charge in [-0.25, -0.2) is 0 Å². The molecule has 0 saturated carbocycles. The molecule has 0 radical (unpaired) electrons. The number of methoxy groups -OCH3 is 1. The Morgan fingerprint density at radius 2 is 1.42 bits per heavy atom. The van der Waals surface area contributed by atoms with Gasteiger partial charge in [0.1, 0.15) is 11.8 Å². The summed E-state index contributed by atoms with van der Waals surface area (Å²) >= 11 is 3.41. The van der Waals surface area contributed by atoms with Crippen molar-refractivity contribution < 1.29 is 19.1 Å². The minimum atomic E-state index is -0.928. The quantitative estimate of drug-likeness (QED) is 0.417. The molecule has 2 heterocycles. The number of hydrogen-bond acceptors (Lipinski definition) is 4. The van der Waals surface area contributed by atoms with Crippen LogP contribution >= 0.6 is 15.9 Å². The smallest absolute Gasteiger partial charge is 0.262 e. The number of carbonyl (C=O) groups excluding carboxylic acids is 3. The van der Waals surface area contributed by atoms with Crippen molar-refractivity contribution in [3.05, 3.63) is 94.0 Å². The molecule has 0 bridgehead atoms. The maximum absolute atomic E-state index is 13.4. The molecule has 6 nitrogen and oxygen atoms in total. The van der Waals surface area contributed by atoms with Crippen LogP contribution in [0.15, 0.2) is 77.3 Å². The molecule has 5 rings (SSSR count). The second kappa shape index (κ2) is 7.35. The predicted octanol–water partition coefficient (Wildman–Crippen LogP) is 4.21. The lowest BCUT2D eigenvalue weighted by molar-refractivity contribution is -0.130. The average molecular weight is 477 g/mol. The van der Waals surface area contributed by atoms with Crippen LogP contribution in [0.3, 0.4) is 0 Å². The zero-order valence-electron chi connectivity index (χ0n) is 16.5. The molecule has 3 aromatic rings. The monoisotopic (exact) mass is 476 g/mol. The highest BCUT2D eigenvalue weighted by Gasteiger charge is 2.57. The van der Waals surface area contributed by atoms with Crippen molar-refractivity contribution in [3.8, 4) is 5.75 Å². The molecular formula is C24H17BrN2O4. The van der Waals surface area contributed by atoms with Gasteiger partial charge in [0.2, 0.25) is 0 Å². The average Bonchev–Trinajstić information content (AvgIpc) is 3.04. The fourth-order valence-electron chi connectivity index (χ4n) is 4.23. The number of β-lactam (4-membered cyclic amide) rings is 1. The topological polar surface area (TPSA) is 66.9 Å². The van der Waals surface area contributed by atoms with Crippen molar-refractivity contribution in [2.45, 2.75) is 12.1 Å². The lowest BCUT2D eigenvalue weighted by Crippen LogP contribution is -2.67. The Bertz CT molecular complexity index is 1190. The Balaban J connectivity index is 1.60. The van der Waals surface area contributed by atoms with Gasteiger partial charge in [0.15, 0.2) is 0 Å². The normalized spacial score (nSPS) is 20.0. The first-order chi connectivity index (χ1) is 15.0. The Morgan fingerprint density at radius 3 is 2.03 bits per heavy atom. The highest BCUT2D eigenvalue weighted by atomic mass is 79.9. The van der Waals surface area contributed by atoms with E-state index in [9.17, 15) is 14.4 Å². The summed E-state index contributed by atoms with van der Waals surface area (Å²) in [5, 5.41) is 0. The van der Waals surface area contributed by atoms with Gasteiger partial charge in [-0.05, 0) is 54.1 Å². The summed E-state index contributed by atoms with van der Waals surface area (Å²) in [6.45, 7) is 0. The summed E-state index contributed by atoms with van der Waals surface area (Å²) in [5.74, 6) is -0.553. The molecular weight excluding hydrogens is 460 g/mol. The molecule has 3 aromatic carbocycles. The molecule has 1 saturated heterocycles. The van der Waals surface area contributed by atoms with Crippen molar-refractivity contribution in [1.82, 2.24) is 4.90 Å². The fourth-order valence-corrected chi connectivity index (χ4v) is 4.50. The second-order valence-corrected chi connectivity index (χ2v) is 8.29. The number of hydrogen-bond donors (Lipinski definition) is 0. The minimum Gasteiger partial charge on any atom is -0.497 e. The van der Waals surface area contributed by atoms with Crippen LogP contribution in [0.25, 0.3) is 0 Å². The zero-order valence-corrected chi connectivity index (χ0v) is 18.1. The molecule has 154 valence electrons. The van der Waals surface area contributed by atoms with E-state index in [1.54, 1.807) is 36.3 Å². The summed E-state index contributed by atoms with van der Waals surface area (Å²) in [6, 6.07) is 19.9. The molecule has 2 aliphatic rings. The van der Waals surface area contributed by atoms with Gasteiger partial charge in [0, 0.05) is 10.2 Å². The molecule has 0 spiro atoms. The van der Waals surface area contributed by atoms with Crippen LogP contribution in [0.4, 0.5) is 5.69 Å². The van der Waals surface area contributed by atoms with Gasteiger partial charge in [0.05, 0.1) is 24.3 Å². The summed E-state index contributed by atoms with van der Waals surface area (Å²) in [6.07, 6.45) is 0. The third-order valence-electron chi connectivity index (χ3n) is 5.71. The van der Waals surface area contributed by atoms with Crippen molar-refractivity contribution in [2.75, 3.05) is 12.0 Å². The van der Waals surface area contributed by atoms with E-state index in [1.807, 2.05) is 48.5 Å². The van der Waals surface area contributed by atoms with E-state index in [2.05, 4.69) is 15.9 Å². The van der Waals surface area contributed by atoms with E-state index in [0.29, 0.717) is 22.6 Å². The molecule has 0 aromatic heterocycles. The Hall–Kier alpha value is -3.45. The number of imide groups is 1. The number of anilines is 1. The largest absolute Gasteiger partial charge is 0.497 e. The standard InChI is InChI=1S/C24H17BrN2O4/c1-31-17-6-4-5-14(13-17)20-21(24(30)26(20)16-11-9-15(25)10-12-16)27-22(28)18-7-2-3-8-19(18)23(27)29/h2-13,20-21H,1H3/t20-,21-/m0/s1. The highest BCUT2D eigenvalue weighted by molar-refractivity contribution is 9.10. The van der Waals surface area contributed by atoms with E-state index >= 15 is 0 Å². The number of benzene rings is 3.